The molecule has 0 atom stereocenters. The lowest BCUT2D eigenvalue weighted by Gasteiger charge is -2.37. The monoisotopic (exact) mass is 1010 g/mol. The van der Waals surface area contributed by atoms with Crippen LogP contribution in [0.1, 0.15) is 84.6 Å². The molecule has 0 amide bonds. The van der Waals surface area contributed by atoms with E-state index in [1.165, 1.54) is 38.9 Å². The number of para-hydroxylation sites is 1. The first-order valence-corrected chi connectivity index (χ1v) is 27.5. The molecule has 2 heterocycles. The van der Waals surface area contributed by atoms with Gasteiger partial charge in [0, 0.05) is 50.8 Å². The maximum absolute atomic E-state index is 7.08. The van der Waals surface area contributed by atoms with Gasteiger partial charge in [-0.25, -0.2) is 0 Å². The molecule has 0 unspecified atom stereocenters. The second-order valence-electron chi connectivity index (χ2n) is 24.3. The first-order chi connectivity index (χ1) is 37.5. The number of nitrogens with one attached hydrogen (secondary N) is 1. The molecule has 1 aliphatic heterocycles. The Balaban J connectivity index is 1.14. The molecule has 78 heavy (non-hydrogen) atoms. The third-order valence-electron chi connectivity index (χ3n) is 15.7. The summed E-state index contributed by atoms with van der Waals surface area (Å²) in [6, 6.07) is 80.1. The molecule has 1 aliphatic rings. The molecule has 1 aromatic heterocycles. The molecule has 1 N–H and O–H groups in total. The van der Waals surface area contributed by atoms with Crippen molar-refractivity contribution in [1.29, 1.82) is 0 Å². The quantitative estimate of drug-likeness (QED) is 0.146. The van der Waals surface area contributed by atoms with Crippen molar-refractivity contribution in [2.45, 2.75) is 85.5 Å². The molecular weight excluding hydrogens is 946 g/mol. The lowest BCUT2D eigenvalue weighted by molar-refractivity contribution is 0.589. The van der Waals surface area contributed by atoms with Gasteiger partial charge < -0.3 is 19.5 Å². The van der Waals surface area contributed by atoms with Gasteiger partial charge in [0.2, 0.25) is 0 Å². The Labute approximate surface area is 462 Å². The van der Waals surface area contributed by atoms with E-state index in [9.17, 15) is 0 Å². The number of anilines is 8. The number of benzene rings is 10. The molecule has 10 aromatic carbocycles. The van der Waals surface area contributed by atoms with E-state index in [1.54, 1.807) is 0 Å². The number of fused-ring (bicyclic) bond motifs is 6. The highest BCUT2D eigenvalue weighted by atomic mass is 16.3. The molecule has 383 valence electrons. The Morgan fingerprint density at radius 3 is 1.58 bits per heavy atom. The van der Waals surface area contributed by atoms with Gasteiger partial charge in [0.1, 0.15) is 11.2 Å². The maximum atomic E-state index is 7.08. The van der Waals surface area contributed by atoms with Gasteiger partial charge in [-0.05, 0) is 158 Å². The van der Waals surface area contributed by atoms with E-state index in [2.05, 4.69) is 310 Å². The van der Waals surface area contributed by atoms with Crippen LogP contribution < -0.4 is 26.0 Å². The minimum atomic E-state index is -0.0239. The molecule has 0 spiro atoms. The number of nitrogens with zero attached hydrogens (tertiary/aromatic N) is 2. The summed E-state index contributed by atoms with van der Waals surface area (Å²) in [6.07, 6.45) is 0. The predicted octanol–water partition coefficient (Wildman–Crippen LogP) is 19.4. The Hall–Kier alpha value is -8.54. The molecule has 0 saturated heterocycles. The highest BCUT2D eigenvalue weighted by Gasteiger charge is 2.34. The Morgan fingerprint density at radius 2 is 0.974 bits per heavy atom. The summed E-state index contributed by atoms with van der Waals surface area (Å²) >= 11 is 0. The zero-order valence-electron chi connectivity index (χ0n) is 46.7. The van der Waals surface area contributed by atoms with Crippen molar-refractivity contribution >= 4 is 85.6 Å². The fourth-order valence-electron chi connectivity index (χ4n) is 11.3. The zero-order valence-corrected chi connectivity index (χ0v) is 46.7. The van der Waals surface area contributed by atoms with Gasteiger partial charge in [0.25, 0.3) is 0 Å². The van der Waals surface area contributed by atoms with Crippen LogP contribution in [0.4, 0.5) is 45.5 Å². The van der Waals surface area contributed by atoms with E-state index < -0.39 is 0 Å². The van der Waals surface area contributed by atoms with Crippen molar-refractivity contribution in [3.05, 3.63) is 241 Å². The lowest BCUT2D eigenvalue weighted by Crippen LogP contribution is -2.41. The fraction of sp³-hybridized carbons (Fsp3) is 0.178. The summed E-state index contributed by atoms with van der Waals surface area (Å²) in [7, 11) is 2.42. The molecule has 12 rings (SSSR count). The van der Waals surface area contributed by atoms with Crippen molar-refractivity contribution in [3.63, 3.8) is 0 Å². The van der Waals surface area contributed by atoms with E-state index >= 15 is 0 Å². The van der Waals surface area contributed by atoms with E-state index in [4.69, 9.17) is 4.42 Å². The van der Waals surface area contributed by atoms with E-state index in [0.717, 1.165) is 95.1 Å². The zero-order chi connectivity index (χ0) is 54.1. The smallest absolute Gasteiger partial charge is 0.197 e. The molecule has 1 radical (unpaired) electrons. The predicted molar refractivity (Wildman–Crippen MR) is 335 cm³/mol. The van der Waals surface area contributed by atoms with Crippen molar-refractivity contribution in [1.82, 2.24) is 0 Å². The molecule has 0 bridgehead atoms. The number of hydrogen-bond acceptors (Lipinski definition) is 4. The van der Waals surface area contributed by atoms with Crippen LogP contribution in [-0.2, 0) is 16.2 Å². The Kier molecular flexibility index (Phi) is 12.6. The fourth-order valence-corrected chi connectivity index (χ4v) is 11.3. The summed E-state index contributed by atoms with van der Waals surface area (Å²) < 4.78 is 7.08. The maximum Gasteiger partial charge on any atom is 0.197 e. The summed E-state index contributed by atoms with van der Waals surface area (Å²) in [5, 5.41) is 6.12. The standard InChI is InChI=1S/C73H67BN3O/c1-47-43-54(73(8,9)10)32-42-64(47)77-65-44-51(49-21-15-12-16-22-49)27-40-62(65)74-69-61(46-67-68(70(69)77)59-23-17-18-24-66(59)78-67)60-45-58(39-41-63(60)75-55-33-25-50(26-34-55)48-19-13-11-14-20-48)76(56-35-28-52(29-36-56)71(2,3)4)57-37-30-53(31-38-57)72(5,6)7/h11-46,75H,1-10H3. The van der Waals surface area contributed by atoms with Crippen LogP contribution in [0, 0.1) is 6.92 Å². The van der Waals surface area contributed by atoms with Crippen LogP contribution in [0.2, 0.25) is 0 Å². The Bertz CT molecular complexity index is 3950. The van der Waals surface area contributed by atoms with Gasteiger partial charge >= 0.3 is 0 Å². The van der Waals surface area contributed by atoms with Gasteiger partial charge in [0.15, 0.2) is 7.28 Å². The largest absolute Gasteiger partial charge is 0.456 e. The molecule has 4 nitrogen and oxygen atoms in total. The summed E-state index contributed by atoms with van der Waals surface area (Å²) in [5.74, 6) is 0. The van der Waals surface area contributed by atoms with Gasteiger partial charge in [0.05, 0.1) is 11.1 Å². The third-order valence-corrected chi connectivity index (χ3v) is 15.7. The van der Waals surface area contributed by atoms with Crippen LogP contribution in [0.3, 0.4) is 0 Å². The minimum absolute atomic E-state index is 0.00514. The second kappa shape index (κ2) is 19.5. The third kappa shape index (κ3) is 9.46. The van der Waals surface area contributed by atoms with Crippen LogP contribution >= 0.6 is 0 Å². The van der Waals surface area contributed by atoms with Crippen molar-refractivity contribution in [3.8, 4) is 33.4 Å². The average Bonchev–Trinajstić information content (AvgIpc) is 3.90. The van der Waals surface area contributed by atoms with E-state index in [0.29, 0.717) is 0 Å². The number of hydrogen-bond donors (Lipinski definition) is 1. The van der Waals surface area contributed by atoms with Crippen molar-refractivity contribution in [2.24, 2.45) is 0 Å². The van der Waals surface area contributed by atoms with Crippen LogP contribution in [0.5, 0.6) is 0 Å². The topological polar surface area (TPSA) is 31.6 Å². The van der Waals surface area contributed by atoms with Crippen LogP contribution in [0.15, 0.2) is 223 Å². The van der Waals surface area contributed by atoms with Gasteiger partial charge in [-0.2, -0.15) is 0 Å². The van der Waals surface area contributed by atoms with Gasteiger partial charge in [-0.1, -0.05) is 207 Å². The number of rotatable bonds is 9. The van der Waals surface area contributed by atoms with Crippen molar-refractivity contribution < 1.29 is 4.42 Å². The lowest BCUT2D eigenvalue weighted by atomic mass is 9.57. The molecule has 0 aliphatic carbocycles. The molecule has 0 fully saturated rings. The second-order valence-corrected chi connectivity index (χ2v) is 24.3. The highest BCUT2D eigenvalue weighted by molar-refractivity contribution is 6.74. The molecule has 11 aromatic rings. The average molecular weight is 1010 g/mol. The molecular formula is C73H67BN3O. The van der Waals surface area contributed by atoms with E-state index in [-0.39, 0.29) is 16.2 Å². The van der Waals surface area contributed by atoms with Crippen LogP contribution in [0.25, 0.3) is 55.3 Å². The highest BCUT2D eigenvalue weighted by Crippen LogP contribution is 2.49. The SMILES string of the molecule is Cc1cc(C(C)(C)C)ccc1N1c2cc(-c3ccccc3)ccc2[B]c2c(-c3cc(N(c4ccc(C(C)(C)C)cc4)c4ccc(C(C)(C)C)cc4)ccc3Nc3ccc(-c4ccccc4)cc3)cc3oc4ccccc4c3c21. The van der Waals surface area contributed by atoms with E-state index in [1.807, 2.05) is 0 Å². The summed E-state index contributed by atoms with van der Waals surface area (Å²) in [4.78, 5) is 4.94. The Morgan fingerprint density at radius 1 is 0.436 bits per heavy atom. The normalized spacial score (nSPS) is 12.6. The van der Waals surface area contributed by atoms with Crippen LogP contribution in [-0.4, -0.2) is 7.28 Å². The first-order valence-electron chi connectivity index (χ1n) is 27.5. The molecule has 0 saturated carbocycles. The number of aryl methyl sites for hydroxylation is 1. The summed E-state index contributed by atoms with van der Waals surface area (Å²) in [6.45, 7) is 22.8. The minimum Gasteiger partial charge on any atom is -0.456 e. The van der Waals surface area contributed by atoms with Gasteiger partial charge in [-0.3, -0.25) is 0 Å². The van der Waals surface area contributed by atoms with Crippen molar-refractivity contribution in [2.75, 3.05) is 15.1 Å². The number of furan rings is 1. The molecule has 5 heteroatoms. The summed E-state index contributed by atoms with van der Waals surface area (Å²) in [5.41, 5.74) is 24.3. The van der Waals surface area contributed by atoms with Gasteiger partial charge in [-0.15, -0.1) is 0 Å². The first kappa shape index (κ1) is 50.3.